The van der Waals surface area contributed by atoms with Gasteiger partial charge in [0, 0.05) is 12.2 Å². The molecule has 0 amide bonds. The monoisotopic (exact) mass is 337 g/mol. The number of nitrogens with zero attached hydrogens (tertiary/aromatic N) is 3. The van der Waals surface area contributed by atoms with Gasteiger partial charge in [0.25, 0.3) is 0 Å². The molecule has 5 nitrogen and oxygen atoms in total. The normalized spacial score (nSPS) is 12.9. The highest BCUT2D eigenvalue weighted by Crippen LogP contribution is 2.30. The molecule has 0 spiro atoms. The highest BCUT2D eigenvalue weighted by Gasteiger charge is 2.24. The molecule has 0 aromatic carbocycles. The third-order valence-corrected chi connectivity index (χ3v) is 3.91. The van der Waals surface area contributed by atoms with Crippen molar-refractivity contribution >= 4 is 15.9 Å². The fraction of sp³-hybridized carbons (Fsp3) is 0.429. The molecule has 0 aliphatic rings. The average molecular weight is 338 g/mol. The first-order valence-corrected chi connectivity index (χ1v) is 7.52. The van der Waals surface area contributed by atoms with Crippen molar-refractivity contribution in [1.29, 1.82) is 0 Å². The fourth-order valence-corrected chi connectivity index (χ4v) is 2.83. The largest absolute Gasteiger partial charge is 0.270 e. The minimum absolute atomic E-state index is 0.189. The third-order valence-electron chi connectivity index (χ3n) is 3.30. The Labute approximate surface area is 127 Å². The minimum atomic E-state index is -0.189. The van der Waals surface area contributed by atoms with E-state index in [0.717, 1.165) is 22.3 Å². The molecule has 2 rings (SSSR count). The highest BCUT2D eigenvalue weighted by atomic mass is 79.9. The molecule has 0 fully saturated rings. The first-order valence-electron chi connectivity index (χ1n) is 6.72. The Kier molecular flexibility index (Phi) is 4.91. The molecule has 2 aromatic heterocycles. The SMILES string of the molecule is CCc1cccnc1C(NN)c1c(Br)cnn1C(C)C. The molecule has 0 radical (unpaired) electrons. The molecule has 3 N–H and O–H groups in total. The van der Waals surface area contributed by atoms with Crippen molar-refractivity contribution in [2.75, 3.05) is 0 Å². The molecule has 0 saturated heterocycles. The van der Waals surface area contributed by atoms with Crippen LogP contribution in [0.5, 0.6) is 0 Å². The summed E-state index contributed by atoms with van der Waals surface area (Å²) >= 11 is 3.56. The maximum absolute atomic E-state index is 5.81. The first-order chi connectivity index (χ1) is 9.60. The Morgan fingerprint density at radius 3 is 2.80 bits per heavy atom. The van der Waals surface area contributed by atoms with Gasteiger partial charge in [-0.05, 0) is 47.8 Å². The first kappa shape index (κ1) is 15.2. The van der Waals surface area contributed by atoms with Crippen LogP contribution in [0, 0.1) is 0 Å². The van der Waals surface area contributed by atoms with E-state index in [1.807, 2.05) is 10.7 Å². The minimum Gasteiger partial charge on any atom is -0.270 e. The zero-order valence-corrected chi connectivity index (χ0v) is 13.6. The van der Waals surface area contributed by atoms with Gasteiger partial charge in [0.2, 0.25) is 0 Å². The summed E-state index contributed by atoms with van der Waals surface area (Å²) in [5.74, 6) is 5.81. The smallest absolute Gasteiger partial charge is 0.106 e. The molecule has 1 unspecified atom stereocenters. The lowest BCUT2D eigenvalue weighted by Crippen LogP contribution is -2.32. The fourth-order valence-electron chi connectivity index (χ4n) is 2.33. The van der Waals surface area contributed by atoms with Crippen LogP contribution >= 0.6 is 15.9 Å². The van der Waals surface area contributed by atoms with E-state index in [9.17, 15) is 0 Å². The topological polar surface area (TPSA) is 68.8 Å². The number of hydrogen-bond donors (Lipinski definition) is 2. The summed E-state index contributed by atoms with van der Waals surface area (Å²) in [6, 6.07) is 4.09. The van der Waals surface area contributed by atoms with Crippen LogP contribution in [-0.4, -0.2) is 14.8 Å². The summed E-state index contributed by atoms with van der Waals surface area (Å²) in [5.41, 5.74) is 6.00. The van der Waals surface area contributed by atoms with Gasteiger partial charge in [0.1, 0.15) is 6.04 Å². The van der Waals surface area contributed by atoms with Gasteiger partial charge >= 0.3 is 0 Å². The number of aromatic nitrogens is 3. The van der Waals surface area contributed by atoms with E-state index in [4.69, 9.17) is 5.84 Å². The molecule has 0 saturated carbocycles. The predicted octanol–water partition coefficient (Wildman–Crippen LogP) is 2.74. The number of halogens is 1. The molecule has 1 atom stereocenters. The summed E-state index contributed by atoms with van der Waals surface area (Å²) in [6.07, 6.45) is 4.51. The molecule has 20 heavy (non-hydrogen) atoms. The second kappa shape index (κ2) is 6.47. The van der Waals surface area contributed by atoms with Gasteiger partial charge in [0.05, 0.1) is 22.1 Å². The van der Waals surface area contributed by atoms with Crippen molar-refractivity contribution in [2.24, 2.45) is 5.84 Å². The molecule has 0 aliphatic carbocycles. The molecule has 2 aromatic rings. The predicted molar refractivity (Wildman–Crippen MR) is 83.1 cm³/mol. The maximum atomic E-state index is 5.81. The average Bonchev–Trinajstić information content (AvgIpc) is 2.83. The van der Waals surface area contributed by atoms with Crippen LogP contribution in [0.3, 0.4) is 0 Å². The van der Waals surface area contributed by atoms with Gasteiger partial charge in [-0.25, -0.2) is 5.43 Å². The lowest BCUT2D eigenvalue weighted by molar-refractivity contribution is 0.470. The van der Waals surface area contributed by atoms with E-state index < -0.39 is 0 Å². The maximum Gasteiger partial charge on any atom is 0.106 e. The summed E-state index contributed by atoms with van der Waals surface area (Å²) in [5, 5.41) is 4.41. The van der Waals surface area contributed by atoms with Gasteiger partial charge < -0.3 is 0 Å². The molecule has 6 heteroatoms. The van der Waals surface area contributed by atoms with Crippen molar-refractivity contribution in [3.63, 3.8) is 0 Å². The van der Waals surface area contributed by atoms with Crippen LogP contribution in [0.2, 0.25) is 0 Å². The summed E-state index contributed by atoms with van der Waals surface area (Å²) in [6.45, 7) is 6.30. The summed E-state index contributed by atoms with van der Waals surface area (Å²) in [4.78, 5) is 4.51. The number of hydrazine groups is 1. The lowest BCUT2D eigenvalue weighted by atomic mass is 10.0. The van der Waals surface area contributed by atoms with E-state index >= 15 is 0 Å². The standard InChI is InChI=1S/C14H20BrN5/c1-4-10-6-5-7-17-12(10)13(19-16)14-11(15)8-18-20(14)9(2)3/h5-9,13,19H,4,16H2,1-3H3. The van der Waals surface area contributed by atoms with E-state index in [2.05, 4.69) is 58.3 Å². The van der Waals surface area contributed by atoms with Crippen LogP contribution in [0.1, 0.15) is 49.8 Å². The molecule has 0 bridgehead atoms. The summed E-state index contributed by atoms with van der Waals surface area (Å²) < 4.78 is 2.89. The van der Waals surface area contributed by atoms with Gasteiger partial charge in [0.15, 0.2) is 0 Å². The van der Waals surface area contributed by atoms with Crippen LogP contribution in [0.4, 0.5) is 0 Å². The number of nitrogens with two attached hydrogens (primary N) is 1. The van der Waals surface area contributed by atoms with Gasteiger partial charge in [-0.15, -0.1) is 0 Å². The van der Waals surface area contributed by atoms with Crippen LogP contribution in [0.25, 0.3) is 0 Å². The molecular weight excluding hydrogens is 318 g/mol. The van der Waals surface area contributed by atoms with E-state index in [1.165, 1.54) is 5.56 Å². The Morgan fingerprint density at radius 2 is 2.20 bits per heavy atom. The Balaban J connectivity index is 2.55. The number of rotatable bonds is 5. The quantitative estimate of drug-likeness (QED) is 0.650. The number of hydrogen-bond acceptors (Lipinski definition) is 4. The number of aryl methyl sites for hydroxylation is 1. The number of pyridine rings is 1. The van der Waals surface area contributed by atoms with E-state index in [0.29, 0.717) is 0 Å². The van der Waals surface area contributed by atoms with Crippen molar-refractivity contribution < 1.29 is 0 Å². The van der Waals surface area contributed by atoms with Crippen LogP contribution < -0.4 is 11.3 Å². The van der Waals surface area contributed by atoms with E-state index in [-0.39, 0.29) is 12.1 Å². The Morgan fingerprint density at radius 1 is 1.45 bits per heavy atom. The van der Waals surface area contributed by atoms with Gasteiger partial charge in [-0.3, -0.25) is 15.5 Å². The zero-order valence-electron chi connectivity index (χ0n) is 12.0. The summed E-state index contributed by atoms with van der Waals surface area (Å²) in [7, 11) is 0. The van der Waals surface area contributed by atoms with Gasteiger partial charge in [-0.1, -0.05) is 13.0 Å². The lowest BCUT2D eigenvalue weighted by Gasteiger charge is -2.21. The van der Waals surface area contributed by atoms with E-state index in [1.54, 1.807) is 12.4 Å². The molecule has 0 aliphatic heterocycles. The second-order valence-electron chi connectivity index (χ2n) is 4.92. The Bertz CT molecular complexity index is 579. The molecule has 2 heterocycles. The molecular formula is C14H20BrN5. The van der Waals surface area contributed by atoms with Crippen molar-refractivity contribution in [1.82, 2.24) is 20.2 Å². The molecule has 108 valence electrons. The van der Waals surface area contributed by atoms with Crippen molar-refractivity contribution in [3.05, 3.63) is 46.0 Å². The number of nitrogens with one attached hydrogen (secondary N) is 1. The van der Waals surface area contributed by atoms with Crippen molar-refractivity contribution in [2.45, 2.75) is 39.3 Å². The zero-order chi connectivity index (χ0) is 14.7. The highest BCUT2D eigenvalue weighted by molar-refractivity contribution is 9.10. The van der Waals surface area contributed by atoms with Crippen molar-refractivity contribution in [3.8, 4) is 0 Å². The Hall–Kier alpha value is -1.24. The second-order valence-corrected chi connectivity index (χ2v) is 5.77. The third kappa shape index (κ3) is 2.77. The van der Waals surface area contributed by atoms with Gasteiger partial charge in [-0.2, -0.15) is 5.10 Å². The van der Waals surface area contributed by atoms with Crippen LogP contribution in [-0.2, 0) is 6.42 Å². The van der Waals surface area contributed by atoms with Crippen LogP contribution in [0.15, 0.2) is 29.0 Å².